The first kappa shape index (κ1) is 12.0. The van der Waals surface area contributed by atoms with E-state index < -0.39 is 0 Å². The van der Waals surface area contributed by atoms with Gasteiger partial charge in [-0.25, -0.2) is 0 Å². The number of likely N-dealkylation sites (N-methyl/N-ethyl adjacent to an activating group) is 1. The molecule has 2 heteroatoms. The number of hydrogen-bond acceptors (Lipinski definition) is 2. The predicted octanol–water partition coefficient (Wildman–Crippen LogP) is 2.10. The number of nitrogens with zero attached hydrogens (tertiary/aromatic N) is 1. The molecule has 14 heavy (non-hydrogen) atoms. The van der Waals surface area contributed by atoms with Gasteiger partial charge in [-0.15, -0.1) is 0 Å². The molecule has 0 spiro atoms. The van der Waals surface area contributed by atoms with Crippen LogP contribution in [0.3, 0.4) is 0 Å². The highest BCUT2D eigenvalue weighted by atomic mass is 15.2. The van der Waals surface area contributed by atoms with E-state index >= 15 is 0 Å². The van der Waals surface area contributed by atoms with Gasteiger partial charge < -0.3 is 5.32 Å². The van der Waals surface area contributed by atoms with Crippen LogP contribution in [0.4, 0.5) is 0 Å². The van der Waals surface area contributed by atoms with E-state index in [1.54, 1.807) is 0 Å². The molecule has 0 aliphatic carbocycles. The molecule has 1 N–H and O–H groups in total. The normalized spacial score (nSPS) is 22.1. The molecule has 0 aromatic carbocycles. The van der Waals surface area contributed by atoms with Gasteiger partial charge in [-0.2, -0.15) is 0 Å². The van der Waals surface area contributed by atoms with E-state index in [1.165, 1.54) is 32.4 Å². The number of nitrogens with one attached hydrogen (secondary N) is 1. The maximum Gasteiger partial charge on any atom is 0.0345 e. The predicted molar refractivity (Wildman–Crippen MR) is 62.6 cm³/mol. The molecule has 1 aliphatic rings. The van der Waals surface area contributed by atoms with Gasteiger partial charge in [0, 0.05) is 25.2 Å². The van der Waals surface area contributed by atoms with Crippen molar-refractivity contribution in [1.82, 2.24) is 10.2 Å². The van der Waals surface area contributed by atoms with Crippen LogP contribution in [-0.2, 0) is 0 Å². The van der Waals surface area contributed by atoms with Crippen LogP contribution in [0.1, 0.15) is 40.0 Å². The summed E-state index contributed by atoms with van der Waals surface area (Å²) in [5.74, 6) is 0.871. The van der Waals surface area contributed by atoms with Crippen molar-refractivity contribution in [2.24, 2.45) is 5.92 Å². The molecule has 1 aliphatic heterocycles. The van der Waals surface area contributed by atoms with E-state index in [0.29, 0.717) is 0 Å². The smallest absolute Gasteiger partial charge is 0.0345 e. The standard InChI is InChI=1S/C12H26N2/c1-5-10(3)7-11(6-2)14(4)12-8-13-9-12/h10-13H,5-9H2,1-4H3. The van der Waals surface area contributed by atoms with E-state index in [1.807, 2.05) is 0 Å². The molecule has 2 nitrogen and oxygen atoms in total. The summed E-state index contributed by atoms with van der Waals surface area (Å²) in [5, 5.41) is 3.35. The zero-order valence-electron chi connectivity index (χ0n) is 10.2. The summed E-state index contributed by atoms with van der Waals surface area (Å²) >= 11 is 0. The summed E-state index contributed by atoms with van der Waals surface area (Å²) in [6.45, 7) is 9.36. The van der Waals surface area contributed by atoms with Crippen LogP contribution >= 0.6 is 0 Å². The Kier molecular flexibility index (Phi) is 4.90. The van der Waals surface area contributed by atoms with Crippen molar-refractivity contribution in [2.45, 2.75) is 52.1 Å². The molecular formula is C12H26N2. The summed E-state index contributed by atoms with van der Waals surface area (Å²) < 4.78 is 0. The molecular weight excluding hydrogens is 172 g/mol. The van der Waals surface area contributed by atoms with Gasteiger partial charge in [-0.3, -0.25) is 4.90 Å². The fourth-order valence-corrected chi connectivity index (χ4v) is 2.11. The fraction of sp³-hybridized carbons (Fsp3) is 1.00. The number of rotatable bonds is 6. The van der Waals surface area contributed by atoms with Gasteiger partial charge in [0.15, 0.2) is 0 Å². The second-order valence-corrected chi connectivity index (χ2v) is 4.79. The van der Waals surface area contributed by atoms with Crippen molar-refractivity contribution >= 4 is 0 Å². The average Bonchev–Trinajstić information content (AvgIpc) is 2.10. The summed E-state index contributed by atoms with van der Waals surface area (Å²) in [6, 6.07) is 1.58. The topological polar surface area (TPSA) is 15.3 Å². The van der Waals surface area contributed by atoms with Gasteiger partial charge in [0.2, 0.25) is 0 Å². The minimum absolute atomic E-state index is 0.789. The van der Waals surface area contributed by atoms with Gasteiger partial charge >= 0.3 is 0 Å². The monoisotopic (exact) mass is 198 g/mol. The van der Waals surface area contributed by atoms with Crippen LogP contribution in [0.5, 0.6) is 0 Å². The minimum Gasteiger partial charge on any atom is -0.314 e. The van der Waals surface area contributed by atoms with Crippen LogP contribution < -0.4 is 5.32 Å². The highest BCUT2D eigenvalue weighted by Gasteiger charge is 2.26. The molecule has 1 rings (SSSR count). The lowest BCUT2D eigenvalue weighted by atomic mass is 9.95. The zero-order chi connectivity index (χ0) is 10.6. The molecule has 1 heterocycles. The molecule has 2 unspecified atom stereocenters. The maximum absolute atomic E-state index is 3.35. The quantitative estimate of drug-likeness (QED) is 0.703. The van der Waals surface area contributed by atoms with E-state index in [4.69, 9.17) is 0 Å². The highest BCUT2D eigenvalue weighted by Crippen LogP contribution is 2.19. The Morgan fingerprint density at radius 2 is 1.93 bits per heavy atom. The lowest BCUT2D eigenvalue weighted by Crippen LogP contribution is -2.58. The molecule has 0 radical (unpaired) electrons. The van der Waals surface area contributed by atoms with E-state index in [9.17, 15) is 0 Å². The third kappa shape index (κ3) is 2.96. The third-order valence-corrected chi connectivity index (χ3v) is 3.75. The van der Waals surface area contributed by atoms with Crippen molar-refractivity contribution in [2.75, 3.05) is 20.1 Å². The van der Waals surface area contributed by atoms with Gasteiger partial charge in [0.25, 0.3) is 0 Å². The Bertz CT molecular complexity index is 154. The molecule has 0 saturated carbocycles. The molecule has 1 saturated heterocycles. The Balaban J connectivity index is 2.35. The maximum atomic E-state index is 3.35. The fourth-order valence-electron chi connectivity index (χ4n) is 2.11. The van der Waals surface area contributed by atoms with Crippen molar-refractivity contribution in [3.63, 3.8) is 0 Å². The third-order valence-electron chi connectivity index (χ3n) is 3.75. The van der Waals surface area contributed by atoms with Gasteiger partial charge in [0.05, 0.1) is 0 Å². The lowest BCUT2D eigenvalue weighted by Gasteiger charge is -2.41. The average molecular weight is 198 g/mol. The highest BCUT2D eigenvalue weighted by molar-refractivity contribution is 4.86. The van der Waals surface area contributed by atoms with E-state index in [-0.39, 0.29) is 0 Å². The minimum atomic E-state index is 0.789. The summed E-state index contributed by atoms with van der Waals surface area (Å²) in [5.41, 5.74) is 0. The number of hydrogen-bond donors (Lipinski definition) is 1. The first-order chi connectivity index (χ1) is 6.69. The van der Waals surface area contributed by atoms with Crippen LogP contribution in [0, 0.1) is 5.92 Å². The molecule has 0 bridgehead atoms. The SMILES string of the molecule is CCC(C)CC(CC)N(C)C1CNC1. The largest absolute Gasteiger partial charge is 0.314 e. The Morgan fingerprint density at radius 3 is 2.29 bits per heavy atom. The Morgan fingerprint density at radius 1 is 1.29 bits per heavy atom. The van der Waals surface area contributed by atoms with Crippen LogP contribution in [-0.4, -0.2) is 37.1 Å². The molecule has 0 aromatic rings. The van der Waals surface area contributed by atoms with Crippen molar-refractivity contribution in [3.05, 3.63) is 0 Å². The zero-order valence-corrected chi connectivity index (χ0v) is 10.2. The molecule has 0 amide bonds. The summed E-state index contributed by atoms with van der Waals surface area (Å²) in [6.07, 6.45) is 3.96. The molecule has 0 aromatic heterocycles. The Hall–Kier alpha value is -0.0800. The van der Waals surface area contributed by atoms with Crippen LogP contribution in [0.25, 0.3) is 0 Å². The molecule has 1 fully saturated rings. The Labute approximate surface area is 89.1 Å². The van der Waals surface area contributed by atoms with Crippen LogP contribution in [0.15, 0.2) is 0 Å². The van der Waals surface area contributed by atoms with Crippen molar-refractivity contribution < 1.29 is 0 Å². The van der Waals surface area contributed by atoms with Gasteiger partial charge in [-0.1, -0.05) is 27.2 Å². The lowest BCUT2D eigenvalue weighted by molar-refractivity contribution is 0.108. The second kappa shape index (κ2) is 5.72. The second-order valence-electron chi connectivity index (χ2n) is 4.79. The van der Waals surface area contributed by atoms with Crippen molar-refractivity contribution in [1.29, 1.82) is 0 Å². The first-order valence-electron chi connectivity index (χ1n) is 6.11. The van der Waals surface area contributed by atoms with Crippen molar-refractivity contribution in [3.8, 4) is 0 Å². The van der Waals surface area contributed by atoms with Crippen LogP contribution in [0.2, 0.25) is 0 Å². The van der Waals surface area contributed by atoms with Gasteiger partial charge in [0.1, 0.15) is 0 Å². The van der Waals surface area contributed by atoms with E-state index in [2.05, 4.69) is 38.0 Å². The van der Waals surface area contributed by atoms with Gasteiger partial charge in [-0.05, 0) is 25.8 Å². The first-order valence-corrected chi connectivity index (χ1v) is 6.11. The molecule has 84 valence electrons. The molecule has 2 atom stereocenters. The van der Waals surface area contributed by atoms with E-state index in [0.717, 1.165) is 18.0 Å². The summed E-state index contributed by atoms with van der Waals surface area (Å²) in [7, 11) is 2.29. The summed E-state index contributed by atoms with van der Waals surface area (Å²) in [4.78, 5) is 2.59.